The Morgan fingerprint density at radius 2 is 2.00 bits per heavy atom. The van der Waals surface area contributed by atoms with E-state index in [2.05, 4.69) is 15.5 Å². The van der Waals surface area contributed by atoms with Crippen molar-refractivity contribution in [3.63, 3.8) is 0 Å². The molecule has 24 heavy (non-hydrogen) atoms. The van der Waals surface area contributed by atoms with Crippen LogP contribution in [0.15, 0.2) is 23.3 Å². The number of hydrazone groups is 1. The van der Waals surface area contributed by atoms with Gasteiger partial charge < -0.3 is 15.2 Å². The van der Waals surface area contributed by atoms with Crippen LogP contribution < -0.4 is 20.6 Å². The molecule has 0 aliphatic carbocycles. The Hall–Kier alpha value is -2.22. The SMILES string of the molecule is Nc1c(Cl)c(Cl)nc(C(=O)NN=Cc2ccc3c(c2)OCO3)c1Cl. The number of nitrogens with one attached hydrogen (secondary N) is 1. The normalized spacial score (nSPS) is 12.6. The minimum absolute atomic E-state index is 0.0120. The first kappa shape index (κ1) is 16.6. The molecule has 1 aliphatic heterocycles. The molecule has 0 saturated heterocycles. The number of hydrogen-bond donors (Lipinski definition) is 2. The summed E-state index contributed by atoms with van der Waals surface area (Å²) in [7, 11) is 0. The fourth-order valence-electron chi connectivity index (χ4n) is 1.89. The van der Waals surface area contributed by atoms with E-state index in [-0.39, 0.29) is 33.4 Å². The maximum absolute atomic E-state index is 12.1. The van der Waals surface area contributed by atoms with E-state index in [0.717, 1.165) is 0 Å². The number of amides is 1. The van der Waals surface area contributed by atoms with Crippen LogP contribution in [0, 0.1) is 0 Å². The first-order valence-electron chi connectivity index (χ1n) is 6.50. The van der Waals surface area contributed by atoms with E-state index in [1.54, 1.807) is 18.2 Å². The lowest BCUT2D eigenvalue weighted by Gasteiger charge is -2.07. The van der Waals surface area contributed by atoms with Crippen molar-refractivity contribution in [2.75, 3.05) is 12.5 Å². The lowest BCUT2D eigenvalue weighted by atomic mass is 10.2. The number of carbonyl (C=O) groups is 1. The number of nitrogens with two attached hydrogens (primary N) is 1. The third kappa shape index (κ3) is 3.19. The van der Waals surface area contributed by atoms with Crippen LogP contribution in [0.25, 0.3) is 0 Å². The van der Waals surface area contributed by atoms with Crippen molar-refractivity contribution in [2.45, 2.75) is 0 Å². The third-order valence-electron chi connectivity index (χ3n) is 3.06. The molecule has 1 aromatic heterocycles. The Morgan fingerprint density at radius 3 is 2.79 bits per heavy atom. The molecule has 3 rings (SSSR count). The van der Waals surface area contributed by atoms with Crippen LogP contribution in [0.2, 0.25) is 15.2 Å². The summed E-state index contributed by atoms with van der Waals surface area (Å²) in [5, 5.41) is 3.60. The van der Waals surface area contributed by atoms with E-state index >= 15 is 0 Å². The van der Waals surface area contributed by atoms with Gasteiger partial charge in [-0.3, -0.25) is 4.79 Å². The molecule has 1 amide bonds. The molecule has 3 N–H and O–H groups in total. The number of ether oxygens (including phenoxy) is 2. The number of rotatable bonds is 3. The maximum Gasteiger partial charge on any atom is 0.291 e. The zero-order valence-electron chi connectivity index (χ0n) is 11.8. The summed E-state index contributed by atoms with van der Waals surface area (Å²) in [6.45, 7) is 0.176. The second-order valence-electron chi connectivity index (χ2n) is 4.60. The fraction of sp³-hybridized carbons (Fsp3) is 0.0714. The third-order valence-corrected chi connectivity index (χ3v) is 4.20. The summed E-state index contributed by atoms with van der Waals surface area (Å²) in [5.74, 6) is 0.577. The molecule has 0 radical (unpaired) electrons. The first-order valence-corrected chi connectivity index (χ1v) is 7.63. The highest BCUT2D eigenvalue weighted by Gasteiger charge is 2.19. The smallest absolute Gasteiger partial charge is 0.291 e. The average molecular weight is 388 g/mol. The van der Waals surface area contributed by atoms with Crippen molar-refractivity contribution in [3.8, 4) is 11.5 Å². The predicted octanol–water partition coefficient (Wildman–Crippen LogP) is 3.12. The minimum Gasteiger partial charge on any atom is -0.454 e. The lowest BCUT2D eigenvalue weighted by Crippen LogP contribution is -2.20. The minimum atomic E-state index is -0.678. The molecule has 0 unspecified atom stereocenters. The van der Waals surface area contributed by atoms with Crippen molar-refractivity contribution < 1.29 is 14.3 Å². The van der Waals surface area contributed by atoms with Gasteiger partial charge in [-0.25, -0.2) is 10.4 Å². The quantitative estimate of drug-likeness (QED) is 0.479. The van der Waals surface area contributed by atoms with E-state index in [9.17, 15) is 4.79 Å². The van der Waals surface area contributed by atoms with Gasteiger partial charge in [0.1, 0.15) is 5.02 Å². The van der Waals surface area contributed by atoms with Crippen LogP contribution in [0.1, 0.15) is 16.1 Å². The molecule has 0 fully saturated rings. The van der Waals surface area contributed by atoms with Gasteiger partial charge in [0.2, 0.25) is 6.79 Å². The second-order valence-corrected chi connectivity index (χ2v) is 5.72. The van der Waals surface area contributed by atoms with Crippen molar-refractivity contribution in [1.29, 1.82) is 0 Å². The number of halogens is 3. The van der Waals surface area contributed by atoms with Gasteiger partial charge in [-0.2, -0.15) is 5.10 Å². The van der Waals surface area contributed by atoms with Gasteiger partial charge in [0.25, 0.3) is 5.91 Å². The zero-order valence-corrected chi connectivity index (χ0v) is 14.1. The van der Waals surface area contributed by atoms with Gasteiger partial charge in [-0.15, -0.1) is 0 Å². The van der Waals surface area contributed by atoms with Gasteiger partial charge in [-0.05, 0) is 23.8 Å². The monoisotopic (exact) mass is 386 g/mol. The Bertz CT molecular complexity index is 858. The number of aromatic nitrogens is 1. The topological polar surface area (TPSA) is 98.8 Å². The molecular formula is C14H9Cl3N4O3. The molecule has 1 aliphatic rings. The summed E-state index contributed by atoms with van der Waals surface area (Å²) in [6, 6.07) is 5.22. The molecule has 0 saturated carbocycles. The van der Waals surface area contributed by atoms with Crippen molar-refractivity contribution >= 4 is 52.6 Å². The second kappa shape index (κ2) is 6.72. The molecule has 7 nitrogen and oxygen atoms in total. The lowest BCUT2D eigenvalue weighted by molar-refractivity contribution is 0.0950. The Kier molecular flexibility index (Phi) is 4.66. The highest BCUT2D eigenvalue weighted by Crippen LogP contribution is 2.34. The largest absolute Gasteiger partial charge is 0.454 e. The molecule has 2 heterocycles. The number of nitrogens with zero attached hydrogens (tertiary/aromatic N) is 2. The zero-order chi connectivity index (χ0) is 17.3. The summed E-state index contributed by atoms with van der Waals surface area (Å²) in [6.07, 6.45) is 1.43. The van der Waals surface area contributed by atoms with Crippen molar-refractivity contribution in [3.05, 3.63) is 44.7 Å². The van der Waals surface area contributed by atoms with Crippen LogP contribution in [0.3, 0.4) is 0 Å². The Labute approximate surface area is 151 Å². The standard InChI is InChI=1S/C14H9Cl3N4O3/c15-9-11(18)10(16)13(17)20-12(9)14(22)21-19-4-6-1-2-7-8(3-6)24-5-23-7/h1-4H,5H2,(H2,18,20)(H,21,22). The number of carbonyl (C=O) groups excluding carboxylic acids is 1. The average Bonchev–Trinajstić information content (AvgIpc) is 3.03. The van der Waals surface area contributed by atoms with E-state index in [0.29, 0.717) is 17.1 Å². The highest BCUT2D eigenvalue weighted by molar-refractivity contribution is 6.46. The molecule has 0 spiro atoms. The molecule has 10 heteroatoms. The van der Waals surface area contributed by atoms with Crippen LogP contribution in [-0.2, 0) is 0 Å². The van der Waals surface area contributed by atoms with Crippen LogP contribution >= 0.6 is 34.8 Å². The highest BCUT2D eigenvalue weighted by atomic mass is 35.5. The predicted molar refractivity (Wildman–Crippen MR) is 91.3 cm³/mol. The van der Waals surface area contributed by atoms with Crippen LogP contribution in [0.5, 0.6) is 11.5 Å². The van der Waals surface area contributed by atoms with Gasteiger partial charge in [0, 0.05) is 0 Å². The van der Waals surface area contributed by atoms with Gasteiger partial charge in [0.05, 0.1) is 16.9 Å². The van der Waals surface area contributed by atoms with Crippen LogP contribution in [-0.4, -0.2) is 23.9 Å². The molecule has 2 aromatic rings. The fourth-order valence-corrected chi connectivity index (χ4v) is 2.49. The summed E-state index contributed by atoms with van der Waals surface area (Å²) in [4.78, 5) is 15.9. The summed E-state index contributed by atoms with van der Waals surface area (Å²) in [5.41, 5.74) is 8.45. The molecule has 0 atom stereocenters. The maximum atomic E-state index is 12.1. The first-order chi connectivity index (χ1) is 11.5. The van der Waals surface area contributed by atoms with E-state index in [1.165, 1.54) is 6.21 Å². The number of anilines is 1. The van der Waals surface area contributed by atoms with Gasteiger partial charge >= 0.3 is 0 Å². The number of benzene rings is 1. The molecule has 124 valence electrons. The Morgan fingerprint density at radius 1 is 1.25 bits per heavy atom. The number of pyridine rings is 1. The van der Waals surface area contributed by atoms with Crippen molar-refractivity contribution in [2.24, 2.45) is 5.10 Å². The number of hydrogen-bond acceptors (Lipinski definition) is 6. The molecule has 1 aromatic carbocycles. The number of fused-ring (bicyclic) bond motifs is 1. The van der Waals surface area contributed by atoms with E-state index in [4.69, 9.17) is 50.0 Å². The van der Waals surface area contributed by atoms with Crippen LogP contribution in [0.4, 0.5) is 5.69 Å². The Balaban J connectivity index is 1.74. The summed E-state index contributed by atoms with van der Waals surface area (Å²) >= 11 is 17.5. The van der Waals surface area contributed by atoms with Crippen molar-refractivity contribution in [1.82, 2.24) is 10.4 Å². The van der Waals surface area contributed by atoms with Gasteiger partial charge in [0.15, 0.2) is 22.3 Å². The van der Waals surface area contributed by atoms with Gasteiger partial charge in [-0.1, -0.05) is 34.8 Å². The number of nitrogen functional groups attached to an aromatic ring is 1. The molecule has 0 bridgehead atoms. The molecular weight excluding hydrogens is 379 g/mol. The summed E-state index contributed by atoms with van der Waals surface area (Å²) < 4.78 is 10.5. The van der Waals surface area contributed by atoms with E-state index in [1.807, 2.05) is 0 Å². The van der Waals surface area contributed by atoms with E-state index < -0.39 is 5.91 Å².